The number of benzene rings is 1. The minimum absolute atomic E-state index is 0.0372. The van der Waals surface area contributed by atoms with Gasteiger partial charge in [-0.15, -0.1) is 0 Å². The van der Waals surface area contributed by atoms with Crippen LogP contribution in [0.2, 0.25) is 0 Å². The number of rotatable bonds is 6. The third kappa shape index (κ3) is 3.82. The highest BCUT2D eigenvalue weighted by Crippen LogP contribution is 2.13. The molecule has 1 amide bonds. The maximum Gasteiger partial charge on any atom is 0.224 e. The largest absolute Gasteiger partial charge is 0.352 e. The van der Waals surface area contributed by atoms with Crippen LogP contribution in [-0.2, 0) is 11.3 Å². The minimum atomic E-state index is 0.0372. The van der Waals surface area contributed by atoms with Crippen LogP contribution in [0.5, 0.6) is 0 Å². The molecule has 4 nitrogen and oxygen atoms in total. The van der Waals surface area contributed by atoms with Gasteiger partial charge in [-0.05, 0) is 18.1 Å². The number of nitrogens with zero attached hydrogens (tertiary/aromatic N) is 2. The van der Waals surface area contributed by atoms with E-state index in [0.717, 1.165) is 17.7 Å². The summed E-state index contributed by atoms with van der Waals surface area (Å²) in [4.78, 5) is 15.8. The van der Waals surface area contributed by atoms with Crippen LogP contribution >= 0.6 is 0 Å². The second kappa shape index (κ2) is 7.28. The maximum absolute atomic E-state index is 11.7. The highest BCUT2D eigenvalue weighted by molar-refractivity contribution is 5.77. The molecule has 0 saturated carbocycles. The van der Waals surface area contributed by atoms with Crippen molar-refractivity contribution in [3.63, 3.8) is 0 Å². The molecule has 0 fully saturated rings. The quantitative estimate of drug-likeness (QED) is 0.820. The van der Waals surface area contributed by atoms with Crippen LogP contribution in [0.25, 0.3) is 5.69 Å². The summed E-state index contributed by atoms with van der Waals surface area (Å²) in [6.45, 7) is 2.57. The standard InChI is InChI=1S/C16H19N3O/c1-2-3-4-9-16(20)18-12-14-7-5-6-8-15(14)19-11-10-17-13-19/h3-8,10-11,13H,2,9,12H2,1H3,(H,18,20)/b4-3+. The molecule has 0 spiro atoms. The Bertz CT molecular complexity index is 573. The number of aromatic nitrogens is 2. The van der Waals surface area contributed by atoms with Crippen LogP contribution in [0.3, 0.4) is 0 Å². The first kappa shape index (κ1) is 14.1. The molecular weight excluding hydrogens is 250 g/mol. The molecule has 0 unspecified atom stereocenters. The van der Waals surface area contributed by atoms with Crippen molar-refractivity contribution < 1.29 is 4.79 Å². The molecule has 1 aromatic heterocycles. The SMILES string of the molecule is CC/C=C/CC(=O)NCc1ccccc1-n1ccnc1. The summed E-state index contributed by atoms with van der Waals surface area (Å²) in [5.41, 5.74) is 2.10. The number of amides is 1. The van der Waals surface area contributed by atoms with E-state index >= 15 is 0 Å². The maximum atomic E-state index is 11.7. The zero-order valence-electron chi connectivity index (χ0n) is 11.6. The highest BCUT2D eigenvalue weighted by Gasteiger charge is 2.05. The number of carbonyl (C=O) groups excluding carboxylic acids is 1. The van der Waals surface area contributed by atoms with Gasteiger partial charge in [0.15, 0.2) is 0 Å². The second-order valence-corrected chi connectivity index (χ2v) is 4.46. The molecule has 4 heteroatoms. The highest BCUT2D eigenvalue weighted by atomic mass is 16.1. The van der Waals surface area contributed by atoms with Crippen molar-refractivity contribution >= 4 is 5.91 Å². The normalized spacial score (nSPS) is 10.8. The molecule has 1 N–H and O–H groups in total. The molecule has 0 aliphatic rings. The van der Waals surface area contributed by atoms with Gasteiger partial charge in [-0.2, -0.15) is 0 Å². The smallest absolute Gasteiger partial charge is 0.224 e. The fraction of sp³-hybridized carbons (Fsp3) is 0.250. The van der Waals surface area contributed by atoms with E-state index in [2.05, 4.69) is 17.2 Å². The first-order valence-electron chi connectivity index (χ1n) is 6.79. The van der Waals surface area contributed by atoms with Gasteiger partial charge in [0.05, 0.1) is 12.0 Å². The number of allylic oxidation sites excluding steroid dienone is 1. The monoisotopic (exact) mass is 269 g/mol. The Kier molecular flexibility index (Phi) is 5.12. The summed E-state index contributed by atoms with van der Waals surface area (Å²) in [5, 5.41) is 2.94. The molecule has 1 heterocycles. The number of carbonyl (C=O) groups is 1. The van der Waals surface area contributed by atoms with E-state index in [1.165, 1.54) is 0 Å². The Hall–Kier alpha value is -2.36. The van der Waals surface area contributed by atoms with Gasteiger partial charge in [-0.25, -0.2) is 4.98 Å². The molecule has 0 atom stereocenters. The average Bonchev–Trinajstić information content (AvgIpc) is 3.00. The van der Waals surface area contributed by atoms with Crippen molar-refractivity contribution in [3.8, 4) is 5.69 Å². The lowest BCUT2D eigenvalue weighted by Crippen LogP contribution is -2.22. The van der Waals surface area contributed by atoms with Gasteiger partial charge < -0.3 is 9.88 Å². The Morgan fingerprint density at radius 3 is 2.95 bits per heavy atom. The van der Waals surface area contributed by atoms with Crippen molar-refractivity contribution in [2.75, 3.05) is 0 Å². The Labute approximate surface area is 119 Å². The van der Waals surface area contributed by atoms with Gasteiger partial charge in [0.2, 0.25) is 5.91 Å². The molecule has 1 aromatic carbocycles. The van der Waals surface area contributed by atoms with Gasteiger partial charge >= 0.3 is 0 Å². The van der Waals surface area contributed by atoms with E-state index in [9.17, 15) is 4.79 Å². The minimum Gasteiger partial charge on any atom is -0.352 e. The lowest BCUT2D eigenvalue weighted by atomic mass is 10.1. The third-order valence-electron chi connectivity index (χ3n) is 2.96. The summed E-state index contributed by atoms with van der Waals surface area (Å²) >= 11 is 0. The van der Waals surface area contributed by atoms with E-state index in [1.54, 1.807) is 12.5 Å². The lowest BCUT2D eigenvalue weighted by molar-refractivity contribution is -0.120. The van der Waals surface area contributed by atoms with Crippen molar-refractivity contribution in [1.29, 1.82) is 0 Å². The summed E-state index contributed by atoms with van der Waals surface area (Å²) < 4.78 is 1.94. The van der Waals surface area contributed by atoms with Crippen LogP contribution in [0.15, 0.2) is 55.1 Å². The Morgan fingerprint density at radius 2 is 2.20 bits per heavy atom. The average molecular weight is 269 g/mol. The van der Waals surface area contributed by atoms with E-state index in [4.69, 9.17) is 0 Å². The van der Waals surface area contributed by atoms with E-state index in [0.29, 0.717) is 13.0 Å². The van der Waals surface area contributed by atoms with Crippen LogP contribution in [0.1, 0.15) is 25.3 Å². The van der Waals surface area contributed by atoms with Crippen LogP contribution < -0.4 is 5.32 Å². The fourth-order valence-corrected chi connectivity index (χ4v) is 1.94. The molecule has 0 aliphatic heterocycles. The molecule has 0 aliphatic carbocycles. The number of hydrogen-bond acceptors (Lipinski definition) is 2. The van der Waals surface area contributed by atoms with E-state index < -0.39 is 0 Å². The van der Waals surface area contributed by atoms with Crippen LogP contribution in [-0.4, -0.2) is 15.5 Å². The zero-order chi connectivity index (χ0) is 14.2. The topological polar surface area (TPSA) is 46.9 Å². The predicted octanol–water partition coefficient (Wildman–Crippen LogP) is 2.84. The molecule has 0 radical (unpaired) electrons. The van der Waals surface area contributed by atoms with E-state index in [1.807, 2.05) is 47.2 Å². The van der Waals surface area contributed by atoms with Crippen molar-refractivity contribution in [2.24, 2.45) is 0 Å². The summed E-state index contributed by atoms with van der Waals surface area (Å²) in [7, 11) is 0. The van der Waals surface area contributed by atoms with Gasteiger partial charge in [0.1, 0.15) is 0 Å². The Morgan fingerprint density at radius 1 is 1.35 bits per heavy atom. The molecule has 2 rings (SSSR count). The lowest BCUT2D eigenvalue weighted by Gasteiger charge is -2.10. The zero-order valence-corrected chi connectivity index (χ0v) is 11.6. The number of para-hydroxylation sites is 1. The molecule has 2 aromatic rings. The van der Waals surface area contributed by atoms with Gasteiger partial charge in [-0.1, -0.05) is 37.3 Å². The summed E-state index contributed by atoms with van der Waals surface area (Å²) in [6.07, 6.45) is 10.7. The van der Waals surface area contributed by atoms with E-state index in [-0.39, 0.29) is 5.91 Å². The summed E-state index contributed by atoms with van der Waals surface area (Å²) in [6, 6.07) is 7.97. The fourth-order valence-electron chi connectivity index (χ4n) is 1.94. The van der Waals surface area contributed by atoms with Crippen molar-refractivity contribution in [3.05, 3.63) is 60.7 Å². The number of imidazole rings is 1. The second-order valence-electron chi connectivity index (χ2n) is 4.46. The van der Waals surface area contributed by atoms with Crippen molar-refractivity contribution in [2.45, 2.75) is 26.3 Å². The van der Waals surface area contributed by atoms with Gasteiger partial charge in [0.25, 0.3) is 0 Å². The van der Waals surface area contributed by atoms with Crippen molar-refractivity contribution in [1.82, 2.24) is 14.9 Å². The number of hydrogen-bond donors (Lipinski definition) is 1. The first-order valence-corrected chi connectivity index (χ1v) is 6.79. The Balaban J connectivity index is 2.00. The molecule has 0 bridgehead atoms. The molecule has 104 valence electrons. The van der Waals surface area contributed by atoms with Gasteiger partial charge in [0, 0.05) is 25.4 Å². The molecule has 0 saturated heterocycles. The van der Waals surface area contributed by atoms with Crippen LogP contribution in [0.4, 0.5) is 0 Å². The summed E-state index contributed by atoms with van der Waals surface area (Å²) in [5.74, 6) is 0.0372. The molecular formula is C16H19N3O. The number of nitrogens with one attached hydrogen (secondary N) is 1. The third-order valence-corrected chi connectivity index (χ3v) is 2.96. The predicted molar refractivity (Wildman–Crippen MR) is 79.5 cm³/mol. The van der Waals surface area contributed by atoms with Crippen LogP contribution in [0, 0.1) is 0 Å². The van der Waals surface area contributed by atoms with Gasteiger partial charge in [-0.3, -0.25) is 4.79 Å². The molecule has 20 heavy (non-hydrogen) atoms. The first-order chi connectivity index (χ1) is 9.81.